The van der Waals surface area contributed by atoms with Crippen LogP contribution in [0.5, 0.6) is 0 Å². The SMILES string of the molecule is C[C@H](C(=O)Nc1ccc(S(N)(=O)=O)cc1)[NH+](C)Cc1cccc(Cl)c1. The van der Waals surface area contributed by atoms with Crippen molar-refractivity contribution in [2.45, 2.75) is 24.4 Å². The van der Waals surface area contributed by atoms with Gasteiger partial charge in [0.2, 0.25) is 10.0 Å². The normalized spacial score (nSPS) is 13.9. The molecule has 0 fully saturated rings. The number of nitrogens with one attached hydrogen (secondary N) is 2. The molecule has 2 aromatic rings. The predicted octanol–water partition coefficient (Wildman–Crippen LogP) is 1.03. The van der Waals surface area contributed by atoms with Crippen LogP contribution in [0.1, 0.15) is 12.5 Å². The number of likely N-dealkylation sites (N-methyl/N-ethyl adjacent to an activating group) is 1. The van der Waals surface area contributed by atoms with Crippen molar-refractivity contribution >= 4 is 33.2 Å². The Labute approximate surface area is 152 Å². The van der Waals surface area contributed by atoms with Crippen molar-refractivity contribution in [3.63, 3.8) is 0 Å². The molecule has 0 bridgehead atoms. The molecule has 134 valence electrons. The third-order valence-corrected chi connectivity index (χ3v) is 5.12. The molecule has 25 heavy (non-hydrogen) atoms. The number of primary sulfonamides is 1. The largest absolute Gasteiger partial charge is 0.324 e. The van der Waals surface area contributed by atoms with Gasteiger partial charge in [-0.1, -0.05) is 23.7 Å². The molecule has 2 rings (SSSR count). The maximum absolute atomic E-state index is 12.4. The summed E-state index contributed by atoms with van der Waals surface area (Å²) < 4.78 is 22.5. The third kappa shape index (κ3) is 5.54. The van der Waals surface area contributed by atoms with Crippen LogP contribution in [0.4, 0.5) is 5.69 Å². The van der Waals surface area contributed by atoms with Gasteiger partial charge in [-0.25, -0.2) is 13.6 Å². The van der Waals surface area contributed by atoms with Crippen molar-refractivity contribution in [3.8, 4) is 0 Å². The highest BCUT2D eigenvalue weighted by Gasteiger charge is 2.22. The lowest BCUT2D eigenvalue weighted by Crippen LogP contribution is -3.12. The highest BCUT2D eigenvalue weighted by molar-refractivity contribution is 7.89. The molecule has 0 aromatic heterocycles. The number of sulfonamides is 1. The molecule has 1 unspecified atom stereocenters. The topological polar surface area (TPSA) is 93.7 Å². The standard InChI is InChI=1S/C17H20ClN3O3S/c1-12(21(2)11-13-4-3-5-14(18)10-13)17(22)20-15-6-8-16(9-7-15)25(19,23)24/h3-10,12H,11H2,1-2H3,(H,20,22)(H2,19,23,24)/p+1/t12-/m1/s1. The fraction of sp³-hybridized carbons (Fsp3) is 0.235. The van der Waals surface area contributed by atoms with E-state index in [2.05, 4.69) is 5.32 Å². The van der Waals surface area contributed by atoms with E-state index in [1.165, 1.54) is 24.3 Å². The lowest BCUT2D eigenvalue weighted by atomic mass is 10.2. The first kappa shape index (κ1) is 19.4. The van der Waals surface area contributed by atoms with Crippen molar-refractivity contribution in [2.24, 2.45) is 5.14 Å². The Hall–Kier alpha value is -1.93. The van der Waals surface area contributed by atoms with Crippen molar-refractivity contribution in [1.29, 1.82) is 0 Å². The van der Waals surface area contributed by atoms with Crippen LogP contribution in [0.15, 0.2) is 53.4 Å². The number of quaternary nitrogens is 1. The van der Waals surface area contributed by atoms with Gasteiger partial charge >= 0.3 is 0 Å². The highest BCUT2D eigenvalue weighted by atomic mass is 35.5. The van der Waals surface area contributed by atoms with Gasteiger partial charge in [-0.15, -0.1) is 0 Å². The van der Waals surface area contributed by atoms with Gasteiger partial charge in [0.25, 0.3) is 5.91 Å². The second-order valence-corrected chi connectivity index (χ2v) is 7.93. The van der Waals surface area contributed by atoms with Crippen LogP contribution in [0, 0.1) is 0 Å². The zero-order chi connectivity index (χ0) is 18.6. The molecule has 2 aromatic carbocycles. The maximum atomic E-state index is 12.4. The number of rotatable bonds is 6. The summed E-state index contributed by atoms with van der Waals surface area (Å²) in [6, 6.07) is 13.0. The number of amides is 1. The van der Waals surface area contributed by atoms with Gasteiger partial charge in [0, 0.05) is 16.3 Å². The Morgan fingerprint density at radius 3 is 2.44 bits per heavy atom. The van der Waals surface area contributed by atoms with E-state index in [1.54, 1.807) is 0 Å². The molecule has 2 atom stereocenters. The van der Waals surface area contributed by atoms with Crippen LogP contribution in [-0.4, -0.2) is 27.4 Å². The van der Waals surface area contributed by atoms with Gasteiger partial charge in [0.05, 0.1) is 11.9 Å². The molecule has 1 amide bonds. The summed E-state index contributed by atoms with van der Waals surface area (Å²) in [4.78, 5) is 13.4. The number of hydrogen-bond acceptors (Lipinski definition) is 3. The molecule has 0 radical (unpaired) electrons. The van der Waals surface area contributed by atoms with Crippen LogP contribution in [-0.2, 0) is 21.4 Å². The first-order valence-corrected chi connectivity index (χ1v) is 9.60. The summed E-state index contributed by atoms with van der Waals surface area (Å²) >= 11 is 5.98. The van der Waals surface area contributed by atoms with Gasteiger partial charge in [0.1, 0.15) is 6.54 Å². The number of hydrogen-bond donors (Lipinski definition) is 3. The second-order valence-electron chi connectivity index (χ2n) is 5.93. The summed E-state index contributed by atoms with van der Waals surface area (Å²) in [7, 11) is -1.82. The van der Waals surface area contributed by atoms with E-state index in [0.29, 0.717) is 17.3 Å². The summed E-state index contributed by atoms with van der Waals surface area (Å²) in [5.41, 5.74) is 1.56. The van der Waals surface area contributed by atoms with Gasteiger partial charge < -0.3 is 10.2 Å². The molecule has 0 heterocycles. The lowest BCUT2D eigenvalue weighted by Gasteiger charge is -2.21. The Balaban J connectivity index is 1.99. The first-order valence-electron chi connectivity index (χ1n) is 7.67. The zero-order valence-corrected chi connectivity index (χ0v) is 15.6. The molecular formula is C17H21ClN3O3S+. The molecule has 6 nitrogen and oxygen atoms in total. The van der Waals surface area contributed by atoms with E-state index in [9.17, 15) is 13.2 Å². The molecular weight excluding hydrogens is 362 g/mol. The van der Waals surface area contributed by atoms with Crippen LogP contribution >= 0.6 is 11.6 Å². The van der Waals surface area contributed by atoms with Gasteiger partial charge in [-0.2, -0.15) is 0 Å². The molecule has 0 saturated heterocycles. The zero-order valence-electron chi connectivity index (χ0n) is 14.0. The maximum Gasteiger partial charge on any atom is 0.282 e. The monoisotopic (exact) mass is 382 g/mol. The highest BCUT2D eigenvalue weighted by Crippen LogP contribution is 2.13. The summed E-state index contributed by atoms with van der Waals surface area (Å²) in [6.07, 6.45) is 0. The van der Waals surface area contributed by atoms with E-state index in [-0.39, 0.29) is 16.8 Å². The van der Waals surface area contributed by atoms with E-state index in [0.717, 1.165) is 10.5 Å². The number of anilines is 1. The number of carbonyl (C=O) groups is 1. The fourth-order valence-electron chi connectivity index (χ4n) is 2.32. The molecule has 0 aliphatic heterocycles. The third-order valence-electron chi connectivity index (χ3n) is 3.95. The molecule has 0 aliphatic carbocycles. The smallest absolute Gasteiger partial charge is 0.282 e. The fourth-order valence-corrected chi connectivity index (χ4v) is 3.05. The number of benzene rings is 2. The number of nitrogens with two attached hydrogens (primary N) is 1. The van der Waals surface area contributed by atoms with E-state index < -0.39 is 10.0 Å². The summed E-state index contributed by atoms with van der Waals surface area (Å²) in [6.45, 7) is 2.48. The Morgan fingerprint density at radius 1 is 1.24 bits per heavy atom. The van der Waals surface area contributed by atoms with E-state index >= 15 is 0 Å². The van der Waals surface area contributed by atoms with Crippen LogP contribution in [0.25, 0.3) is 0 Å². The van der Waals surface area contributed by atoms with Gasteiger partial charge in [-0.3, -0.25) is 4.79 Å². The Bertz CT molecular complexity index is 854. The van der Waals surface area contributed by atoms with Crippen LogP contribution in [0.3, 0.4) is 0 Å². The van der Waals surface area contributed by atoms with Gasteiger partial charge in [-0.05, 0) is 43.3 Å². The van der Waals surface area contributed by atoms with Crippen LogP contribution < -0.4 is 15.4 Å². The summed E-state index contributed by atoms with van der Waals surface area (Å²) in [5, 5.41) is 8.49. The molecule has 4 N–H and O–H groups in total. The molecule has 8 heteroatoms. The quantitative estimate of drug-likeness (QED) is 0.696. The molecule has 0 aliphatic rings. The van der Waals surface area contributed by atoms with Gasteiger partial charge in [0.15, 0.2) is 6.04 Å². The molecule has 0 saturated carbocycles. The number of halogens is 1. The lowest BCUT2D eigenvalue weighted by molar-refractivity contribution is -0.907. The van der Waals surface area contributed by atoms with E-state index in [4.69, 9.17) is 16.7 Å². The predicted molar refractivity (Wildman–Crippen MR) is 97.9 cm³/mol. The van der Waals surface area contributed by atoms with Crippen molar-refractivity contribution in [1.82, 2.24) is 0 Å². The van der Waals surface area contributed by atoms with E-state index in [1.807, 2.05) is 38.2 Å². The first-order chi connectivity index (χ1) is 11.7. The number of carbonyl (C=O) groups excluding carboxylic acids is 1. The van der Waals surface area contributed by atoms with Crippen molar-refractivity contribution in [3.05, 3.63) is 59.1 Å². The minimum Gasteiger partial charge on any atom is -0.324 e. The summed E-state index contributed by atoms with van der Waals surface area (Å²) in [5.74, 6) is -0.164. The minimum atomic E-state index is -3.74. The van der Waals surface area contributed by atoms with Crippen molar-refractivity contribution in [2.75, 3.05) is 12.4 Å². The van der Waals surface area contributed by atoms with Crippen molar-refractivity contribution < 1.29 is 18.1 Å². The van der Waals surface area contributed by atoms with Crippen LogP contribution in [0.2, 0.25) is 5.02 Å². The average Bonchev–Trinajstić information content (AvgIpc) is 2.53. The molecule has 0 spiro atoms. The average molecular weight is 383 g/mol. The Kier molecular flexibility index (Phi) is 6.18. The second kappa shape index (κ2) is 7.97. The Morgan fingerprint density at radius 2 is 1.88 bits per heavy atom. The minimum absolute atomic E-state index is 0.00208.